The second-order valence-corrected chi connectivity index (χ2v) is 6.05. The maximum Gasteiger partial charge on any atom is 0.303 e. The molecular formula is C15H26N2O4. The Labute approximate surface area is 125 Å². The highest BCUT2D eigenvalue weighted by atomic mass is 16.4. The van der Waals surface area contributed by atoms with Crippen molar-refractivity contribution >= 4 is 17.8 Å². The number of hydrogen-bond acceptors (Lipinski definition) is 3. The van der Waals surface area contributed by atoms with E-state index in [0.717, 1.165) is 32.1 Å². The van der Waals surface area contributed by atoms with Gasteiger partial charge < -0.3 is 15.3 Å². The van der Waals surface area contributed by atoms with Crippen LogP contribution in [0.5, 0.6) is 0 Å². The SMILES string of the molecule is CNC(=O)CCN(C)C(=O)CC1(CC(=O)O)CCCCC1. The smallest absolute Gasteiger partial charge is 0.303 e. The van der Waals surface area contributed by atoms with Crippen LogP contribution in [-0.4, -0.2) is 48.4 Å². The molecule has 0 bridgehead atoms. The number of carboxylic acid groups (broad SMARTS) is 1. The predicted octanol–water partition coefficient (Wildman–Crippen LogP) is 1.40. The van der Waals surface area contributed by atoms with Gasteiger partial charge in [-0.05, 0) is 18.3 Å². The number of aliphatic carboxylic acids is 1. The number of rotatable bonds is 7. The summed E-state index contributed by atoms with van der Waals surface area (Å²) in [5, 5.41) is 11.6. The second-order valence-electron chi connectivity index (χ2n) is 6.05. The molecule has 120 valence electrons. The molecule has 0 radical (unpaired) electrons. The van der Waals surface area contributed by atoms with E-state index < -0.39 is 11.4 Å². The molecule has 21 heavy (non-hydrogen) atoms. The molecule has 1 aliphatic carbocycles. The minimum Gasteiger partial charge on any atom is -0.481 e. The monoisotopic (exact) mass is 298 g/mol. The van der Waals surface area contributed by atoms with Gasteiger partial charge in [0.15, 0.2) is 0 Å². The van der Waals surface area contributed by atoms with Gasteiger partial charge in [0.2, 0.25) is 11.8 Å². The molecule has 0 spiro atoms. The zero-order valence-corrected chi connectivity index (χ0v) is 13.0. The molecule has 6 heteroatoms. The quantitative estimate of drug-likeness (QED) is 0.743. The fraction of sp³-hybridized carbons (Fsp3) is 0.800. The van der Waals surface area contributed by atoms with E-state index >= 15 is 0 Å². The Balaban J connectivity index is 2.58. The Hall–Kier alpha value is -1.59. The summed E-state index contributed by atoms with van der Waals surface area (Å²) in [4.78, 5) is 36.1. The molecule has 0 aromatic carbocycles. The molecule has 6 nitrogen and oxygen atoms in total. The Bertz CT molecular complexity index is 389. The molecule has 1 aliphatic rings. The molecule has 0 unspecified atom stereocenters. The van der Waals surface area contributed by atoms with Crippen LogP contribution in [0.25, 0.3) is 0 Å². The largest absolute Gasteiger partial charge is 0.481 e. The third-order valence-electron chi connectivity index (χ3n) is 4.35. The van der Waals surface area contributed by atoms with Gasteiger partial charge in [-0.1, -0.05) is 19.3 Å². The highest BCUT2D eigenvalue weighted by Crippen LogP contribution is 2.42. The van der Waals surface area contributed by atoms with Crippen LogP contribution in [0.1, 0.15) is 51.4 Å². The van der Waals surface area contributed by atoms with Crippen molar-refractivity contribution in [1.29, 1.82) is 0 Å². The standard InChI is InChI=1S/C15H26N2O4/c1-16-12(18)6-9-17(2)13(19)10-15(11-14(20)21)7-4-3-5-8-15/h3-11H2,1-2H3,(H,16,18)(H,20,21). The number of amides is 2. The molecule has 2 N–H and O–H groups in total. The minimum atomic E-state index is -0.835. The maximum absolute atomic E-state index is 12.3. The van der Waals surface area contributed by atoms with Crippen LogP contribution in [0.3, 0.4) is 0 Å². The molecule has 0 saturated heterocycles. The number of carboxylic acids is 1. The Kier molecular flexibility index (Phi) is 6.65. The zero-order valence-electron chi connectivity index (χ0n) is 13.0. The van der Waals surface area contributed by atoms with Gasteiger partial charge in [0.25, 0.3) is 0 Å². The van der Waals surface area contributed by atoms with Gasteiger partial charge in [-0.2, -0.15) is 0 Å². The summed E-state index contributed by atoms with van der Waals surface area (Å²) in [5.41, 5.74) is -0.400. The molecule has 2 amide bonds. The van der Waals surface area contributed by atoms with Gasteiger partial charge in [0.05, 0.1) is 6.42 Å². The fourth-order valence-corrected chi connectivity index (χ4v) is 3.01. The van der Waals surface area contributed by atoms with Gasteiger partial charge in [-0.3, -0.25) is 14.4 Å². The van der Waals surface area contributed by atoms with Gasteiger partial charge >= 0.3 is 5.97 Å². The molecular weight excluding hydrogens is 272 g/mol. The van der Waals surface area contributed by atoms with E-state index in [2.05, 4.69) is 5.32 Å². The van der Waals surface area contributed by atoms with Crippen molar-refractivity contribution in [3.63, 3.8) is 0 Å². The molecule has 0 heterocycles. The number of carbonyl (C=O) groups is 3. The van der Waals surface area contributed by atoms with Crippen LogP contribution in [0.15, 0.2) is 0 Å². The van der Waals surface area contributed by atoms with Crippen LogP contribution in [0.2, 0.25) is 0 Å². The summed E-state index contributed by atoms with van der Waals surface area (Å²) in [7, 11) is 3.23. The summed E-state index contributed by atoms with van der Waals surface area (Å²) in [6.07, 6.45) is 5.28. The summed E-state index contributed by atoms with van der Waals surface area (Å²) in [6, 6.07) is 0. The van der Waals surface area contributed by atoms with Crippen molar-refractivity contribution in [2.45, 2.75) is 51.4 Å². The van der Waals surface area contributed by atoms with Crippen molar-refractivity contribution in [1.82, 2.24) is 10.2 Å². The van der Waals surface area contributed by atoms with Crippen molar-refractivity contribution in [3.05, 3.63) is 0 Å². The number of carbonyl (C=O) groups excluding carboxylic acids is 2. The lowest BCUT2D eigenvalue weighted by Crippen LogP contribution is -2.37. The van der Waals surface area contributed by atoms with Crippen LogP contribution < -0.4 is 5.32 Å². The van der Waals surface area contributed by atoms with E-state index in [1.807, 2.05) is 0 Å². The molecule has 1 saturated carbocycles. The zero-order chi connectivity index (χ0) is 15.9. The van der Waals surface area contributed by atoms with Crippen LogP contribution in [0, 0.1) is 5.41 Å². The van der Waals surface area contributed by atoms with Gasteiger partial charge in [0.1, 0.15) is 0 Å². The van der Waals surface area contributed by atoms with Crippen molar-refractivity contribution in [2.75, 3.05) is 20.6 Å². The van der Waals surface area contributed by atoms with Gasteiger partial charge in [0, 0.05) is 33.5 Å². The first-order valence-electron chi connectivity index (χ1n) is 7.55. The van der Waals surface area contributed by atoms with E-state index in [9.17, 15) is 14.4 Å². The van der Waals surface area contributed by atoms with Crippen molar-refractivity contribution in [2.24, 2.45) is 5.41 Å². The number of nitrogens with zero attached hydrogens (tertiary/aromatic N) is 1. The second kappa shape index (κ2) is 8.00. The molecule has 0 atom stereocenters. The first kappa shape index (κ1) is 17.5. The molecule has 0 aromatic heterocycles. The van der Waals surface area contributed by atoms with Crippen molar-refractivity contribution in [3.8, 4) is 0 Å². The maximum atomic E-state index is 12.3. The van der Waals surface area contributed by atoms with E-state index in [0.29, 0.717) is 6.54 Å². The topological polar surface area (TPSA) is 86.7 Å². The summed E-state index contributed by atoms with van der Waals surface area (Å²) >= 11 is 0. The minimum absolute atomic E-state index is 0.0576. The van der Waals surface area contributed by atoms with Gasteiger partial charge in [-0.25, -0.2) is 0 Å². The molecule has 0 aromatic rings. The molecule has 1 fully saturated rings. The van der Waals surface area contributed by atoms with E-state index in [1.54, 1.807) is 14.1 Å². The summed E-state index contributed by atoms with van der Waals surface area (Å²) in [6.45, 7) is 0.363. The average Bonchev–Trinajstić information content (AvgIpc) is 2.44. The lowest BCUT2D eigenvalue weighted by molar-refractivity contribution is -0.142. The van der Waals surface area contributed by atoms with E-state index in [4.69, 9.17) is 5.11 Å². The normalized spacial score (nSPS) is 17.0. The Morgan fingerprint density at radius 3 is 2.29 bits per heavy atom. The molecule has 1 rings (SSSR count). The lowest BCUT2D eigenvalue weighted by Gasteiger charge is -2.36. The first-order chi connectivity index (χ1) is 9.88. The summed E-state index contributed by atoms with van der Waals surface area (Å²) in [5.74, 6) is -1.01. The van der Waals surface area contributed by atoms with E-state index in [-0.39, 0.29) is 31.1 Å². The Morgan fingerprint density at radius 1 is 1.14 bits per heavy atom. The highest BCUT2D eigenvalue weighted by Gasteiger charge is 2.37. The highest BCUT2D eigenvalue weighted by molar-refractivity contribution is 5.80. The number of hydrogen-bond donors (Lipinski definition) is 2. The van der Waals surface area contributed by atoms with Gasteiger partial charge in [-0.15, -0.1) is 0 Å². The predicted molar refractivity (Wildman–Crippen MR) is 78.7 cm³/mol. The Morgan fingerprint density at radius 2 is 1.76 bits per heavy atom. The van der Waals surface area contributed by atoms with Crippen LogP contribution in [0.4, 0.5) is 0 Å². The molecule has 0 aliphatic heterocycles. The van der Waals surface area contributed by atoms with Crippen LogP contribution >= 0.6 is 0 Å². The first-order valence-corrected chi connectivity index (χ1v) is 7.55. The van der Waals surface area contributed by atoms with Crippen molar-refractivity contribution < 1.29 is 19.5 Å². The lowest BCUT2D eigenvalue weighted by atomic mass is 9.69. The summed E-state index contributed by atoms with van der Waals surface area (Å²) < 4.78 is 0. The number of nitrogens with one attached hydrogen (secondary N) is 1. The average molecular weight is 298 g/mol. The van der Waals surface area contributed by atoms with Crippen LogP contribution in [-0.2, 0) is 14.4 Å². The third-order valence-corrected chi connectivity index (χ3v) is 4.35. The fourth-order valence-electron chi connectivity index (χ4n) is 3.01. The third kappa shape index (κ3) is 5.73. The van der Waals surface area contributed by atoms with E-state index in [1.165, 1.54) is 4.90 Å².